The predicted molar refractivity (Wildman–Crippen MR) is 102 cm³/mol. The first-order valence-electron chi connectivity index (χ1n) is 7.60. The third-order valence-corrected chi connectivity index (χ3v) is 4.72. The summed E-state index contributed by atoms with van der Waals surface area (Å²) >= 11 is 7.66. The molecular formula is C17H15ClN4O2S. The monoisotopic (exact) mass is 374 g/mol. The highest BCUT2D eigenvalue weighted by molar-refractivity contribution is 7.14. The molecule has 0 unspecified atom stereocenters. The molecule has 0 aliphatic heterocycles. The highest BCUT2D eigenvalue weighted by Gasteiger charge is 2.13. The molecule has 0 saturated carbocycles. The average molecular weight is 375 g/mol. The number of amides is 1. The summed E-state index contributed by atoms with van der Waals surface area (Å²) in [5.74, 6) is 0.206. The number of hydrogen-bond acceptors (Lipinski definition) is 5. The fourth-order valence-electron chi connectivity index (χ4n) is 2.36. The Morgan fingerprint density at radius 2 is 2.12 bits per heavy atom. The van der Waals surface area contributed by atoms with Gasteiger partial charge < -0.3 is 4.98 Å². The van der Waals surface area contributed by atoms with Crippen LogP contribution in [0, 0.1) is 0 Å². The summed E-state index contributed by atoms with van der Waals surface area (Å²) in [7, 11) is 0. The van der Waals surface area contributed by atoms with Crippen molar-refractivity contribution < 1.29 is 4.79 Å². The molecule has 0 fully saturated rings. The van der Waals surface area contributed by atoms with Gasteiger partial charge in [-0.3, -0.25) is 14.5 Å². The van der Waals surface area contributed by atoms with Gasteiger partial charge >= 0.3 is 0 Å². The average Bonchev–Trinajstić information content (AvgIpc) is 3.03. The number of rotatable bonds is 4. The van der Waals surface area contributed by atoms with E-state index in [9.17, 15) is 9.59 Å². The Morgan fingerprint density at radius 1 is 1.36 bits per heavy atom. The fourth-order valence-corrected chi connectivity index (χ4v) is 3.45. The number of aromatic amines is 1. The normalized spacial score (nSPS) is 11.7. The molecule has 3 aromatic rings. The predicted octanol–water partition coefficient (Wildman–Crippen LogP) is 3.49. The van der Waals surface area contributed by atoms with Gasteiger partial charge in [-0.1, -0.05) is 23.7 Å². The zero-order valence-corrected chi connectivity index (χ0v) is 15.2. The molecule has 3 rings (SSSR count). The standard InChI is InChI=1S/C17H15ClN4O2S/c1-3-22(10(2)23)17-19-11(9-25-17)8-13(18)15-20-14-7-5-4-6-12(14)16(24)21-15/h4-9H,3H2,1-2H3,(H,20,21,24)/b13-8-. The number of carbonyl (C=O) groups is 1. The van der Waals surface area contributed by atoms with Gasteiger partial charge in [-0.25, -0.2) is 9.97 Å². The molecule has 0 atom stereocenters. The van der Waals surface area contributed by atoms with E-state index in [0.717, 1.165) is 0 Å². The summed E-state index contributed by atoms with van der Waals surface area (Å²) in [6.45, 7) is 3.92. The Hall–Kier alpha value is -2.51. The molecule has 1 aromatic carbocycles. The number of carbonyl (C=O) groups excluding carboxylic acids is 1. The number of benzene rings is 1. The Balaban J connectivity index is 1.96. The van der Waals surface area contributed by atoms with E-state index in [0.29, 0.717) is 28.3 Å². The number of fused-ring (bicyclic) bond motifs is 1. The topological polar surface area (TPSA) is 79.0 Å². The van der Waals surface area contributed by atoms with E-state index < -0.39 is 0 Å². The maximum Gasteiger partial charge on any atom is 0.259 e. The Bertz CT molecular complexity index is 1020. The molecular weight excluding hydrogens is 360 g/mol. The van der Waals surface area contributed by atoms with Crippen LogP contribution in [-0.4, -0.2) is 27.4 Å². The first-order valence-corrected chi connectivity index (χ1v) is 8.85. The number of aromatic nitrogens is 3. The van der Waals surface area contributed by atoms with Gasteiger partial charge in [0.2, 0.25) is 5.91 Å². The van der Waals surface area contributed by atoms with E-state index >= 15 is 0 Å². The minimum atomic E-state index is -0.250. The van der Waals surface area contributed by atoms with Gasteiger partial charge in [-0.15, -0.1) is 11.3 Å². The van der Waals surface area contributed by atoms with Gasteiger partial charge in [-0.2, -0.15) is 0 Å². The van der Waals surface area contributed by atoms with Gasteiger partial charge in [0.05, 0.1) is 21.6 Å². The van der Waals surface area contributed by atoms with Crippen molar-refractivity contribution in [1.82, 2.24) is 15.0 Å². The minimum Gasteiger partial charge on any atom is -0.305 e. The van der Waals surface area contributed by atoms with Gasteiger partial charge in [0, 0.05) is 18.8 Å². The van der Waals surface area contributed by atoms with E-state index in [1.54, 1.807) is 34.6 Å². The fraction of sp³-hybridized carbons (Fsp3) is 0.176. The number of thiazole rings is 1. The molecule has 0 radical (unpaired) electrons. The molecule has 128 valence electrons. The smallest absolute Gasteiger partial charge is 0.259 e. The van der Waals surface area contributed by atoms with Crippen LogP contribution in [0.25, 0.3) is 22.0 Å². The summed E-state index contributed by atoms with van der Waals surface area (Å²) in [6.07, 6.45) is 1.61. The van der Waals surface area contributed by atoms with Crippen LogP contribution >= 0.6 is 22.9 Å². The van der Waals surface area contributed by atoms with Crippen LogP contribution < -0.4 is 10.5 Å². The van der Waals surface area contributed by atoms with Crippen LogP contribution in [0.5, 0.6) is 0 Å². The highest BCUT2D eigenvalue weighted by atomic mass is 35.5. The van der Waals surface area contributed by atoms with Crippen LogP contribution in [-0.2, 0) is 4.79 Å². The Kier molecular flexibility index (Phi) is 4.96. The number of halogens is 1. The number of nitrogens with zero attached hydrogens (tertiary/aromatic N) is 3. The van der Waals surface area contributed by atoms with Crippen LogP contribution in [0.4, 0.5) is 5.13 Å². The molecule has 0 saturated heterocycles. The lowest BCUT2D eigenvalue weighted by Crippen LogP contribution is -2.27. The van der Waals surface area contributed by atoms with Gasteiger partial charge in [0.25, 0.3) is 5.56 Å². The Labute approximate surface area is 152 Å². The number of nitrogens with one attached hydrogen (secondary N) is 1. The summed E-state index contributed by atoms with van der Waals surface area (Å²) in [5, 5.41) is 3.17. The first kappa shape index (κ1) is 17.3. The zero-order chi connectivity index (χ0) is 18.0. The summed E-state index contributed by atoms with van der Waals surface area (Å²) in [5.41, 5.74) is 0.917. The molecule has 2 aromatic heterocycles. The molecule has 1 amide bonds. The number of hydrogen-bond donors (Lipinski definition) is 1. The van der Waals surface area contributed by atoms with Crippen molar-refractivity contribution >= 4 is 56.0 Å². The second-order valence-electron chi connectivity index (χ2n) is 5.24. The quantitative estimate of drug-likeness (QED) is 0.758. The van der Waals surface area contributed by atoms with E-state index in [1.807, 2.05) is 13.0 Å². The van der Waals surface area contributed by atoms with Crippen molar-refractivity contribution in [2.45, 2.75) is 13.8 Å². The SMILES string of the molecule is CCN(C(C)=O)c1nc(/C=C(\Cl)c2nc3ccccc3c(=O)[nH]2)cs1. The van der Waals surface area contributed by atoms with Crippen LogP contribution in [0.15, 0.2) is 34.4 Å². The van der Waals surface area contributed by atoms with E-state index in [1.165, 1.54) is 18.3 Å². The summed E-state index contributed by atoms with van der Waals surface area (Å²) < 4.78 is 0. The van der Waals surface area contributed by atoms with Crippen molar-refractivity contribution in [1.29, 1.82) is 0 Å². The maximum absolute atomic E-state index is 12.1. The third kappa shape index (κ3) is 3.62. The van der Waals surface area contributed by atoms with Gasteiger partial charge in [-0.05, 0) is 25.1 Å². The number of H-pyrrole nitrogens is 1. The molecule has 0 aliphatic carbocycles. The second kappa shape index (κ2) is 7.16. The number of anilines is 1. The van der Waals surface area contributed by atoms with Crippen molar-refractivity contribution in [2.75, 3.05) is 11.4 Å². The molecule has 8 heteroatoms. The molecule has 0 bridgehead atoms. The largest absolute Gasteiger partial charge is 0.305 e. The number of para-hydroxylation sites is 1. The lowest BCUT2D eigenvalue weighted by Gasteiger charge is -2.14. The van der Waals surface area contributed by atoms with Crippen molar-refractivity contribution in [3.05, 3.63) is 51.5 Å². The van der Waals surface area contributed by atoms with E-state index in [-0.39, 0.29) is 22.3 Å². The lowest BCUT2D eigenvalue weighted by molar-refractivity contribution is -0.116. The van der Waals surface area contributed by atoms with E-state index in [4.69, 9.17) is 11.6 Å². The van der Waals surface area contributed by atoms with Crippen LogP contribution in [0.1, 0.15) is 25.4 Å². The maximum atomic E-state index is 12.1. The molecule has 6 nitrogen and oxygen atoms in total. The molecule has 1 N–H and O–H groups in total. The van der Waals surface area contributed by atoms with Crippen LogP contribution in [0.2, 0.25) is 0 Å². The highest BCUT2D eigenvalue weighted by Crippen LogP contribution is 2.25. The molecule has 2 heterocycles. The van der Waals surface area contributed by atoms with Crippen molar-refractivity contribution in [3.8, 4) is 0 Å². The summed E-state index contributed by atoms with van der Waals surface area (Å²) in [6, 6.07) is 7.05. The van der Waals surface area contributed by atoms with Gasteiger partial charge in [0.15, 0.2) is 11.0 Å². The van der Waals surface area contributed by atoms with E-state index in [2.05, 4.69) is 15.0 Å². The van der Waals surface area contributed by atoms with Crippen molar-refractivity contribution in [3.63, 3.8) is 0 Å². The van der Waals surface area contributed by atoms with Crippen molar-refractivity contribution in [2.24, 2.45) is 0 Å². The first-order chi connectivity index (χ1) is 12.0. The third-order valence-electron chi connectivity index (χ3n) is 3.55. The van der Waals surface area contributed by atoms with Gasteiger partial charge in [0.1, 0.15) is 0 Å². The lowest BCUT2D eigenvalue weighted by atomic mass is 10.2. The summed E-state index contributed by atoms with van der Waals surface area (Å²) in [4.78, 5) is 36.7. The second-order valence-corrected chi connectivity index (χ2v) is 6.49. The van der Waals surface area contributed by atoms with Crippen LogP contribution in [0.3, 0.4) is 0 Å². The molecule has 0 aliphatic rings. The Morgan fingerprint density at radius 3 is 2.84 bits per heavy atom. The molecule has 0 spiro atoms. The zero-order valence-electron chi connectivity index (χ0n) is 13.6. The minimum absolute atomic E-state index is 0.0704. The molecule has 25 heavy (non-hydrogen) atoms.